The second-order valence-electron chi connectivity index (χ2n) is 10.9. The molecule has 5 heteroatoms. The molecule has 1 atom stereocenters. The van der Waals surface area contributed by atoms with Gasteiger partial charge in [0, 0.05) is 17.8 Å². The maximum absolute atomic E-state index is 13.7. The Labute approximate surface area is 201 Å². The fourth-order valence-corrected chi connectivity index (χ4v) is 7.37. The van der Waals surface area contributed by atoms with Crippen LogP contribution in [0.2, 0.25) is 0 Å². The Hall–Kier alpha value is -3.08. The van der Waals surface area contributed by atoms with Gasteiger partial charge in [-0.1, -0.05) is 30.3 Å². The van der Waals surface area contributed by atoms with Crippen molar-refractivity contribution in [2.75, 3.05) is 7.11 Å². The Kier molecular flexibility index (Phi) is 5.23. The van der Waals surface area contributed by atoms with E-state index in [0.29, 0.717) is 11.3 Å². The van der Waals surface area contributed by atoms with Crippen molar-refractivity contribution in [2.45, 2.75) is 51.5 Å². The summed E-state index contributed by atoms with van der Waals surface area (Å²) in [4.78, 5) is 13.7. The third kappa shape index (κ3) is 3.71. The second kappa shape index (κ2) is 8.30. The Morgan fingerprint density at radius 1 is 1.03 bits per heavy atom. The molecule has 1 aromatic heterocycles. The topological polar surface area (TPSA) is 56.2 Å². The molecular formula is C29H33N3O2. The van der Waals surface area contributed by atoms with Crippen LogP contribution in [0.15, 0.2) is 60.8 Å². The first kappa shape index (κ1) is 21.5. The maximum atomic E-state index is 13.7. The summed E-state index contributed by atoms with van der Waals surface area (Å²) >= 11 is 0. The third-order valence-electron chi connectivity index (χ3n) is 8.67. The molecular weight excluding hydrogens is 422 g/mol. The molecule has 0 unspecified atom stereocenters. The molecule has 3 aromatic rings. The number of methoxy groups -OCH3 is 1. The molecule has 34 heavy (non-hydrogen) atoms. The van der Waals surface area contributed by atoms with E-state index in [1.165, 1.54) is 38.5 Å². The van der Waals surface area contributed by atoms with E-state index >= 15 is 0 Å². The van der Waals surface area contributed by atoms with E-state index in [1.807, 2.05) is 60.8 Å². The SMILES string of the molecule is COc1cccc(-c2nn(-c3ccccc3)cc2C(=O)N[C@H](C)C23CC4CC(CC(C4)C2)C3)c1. The Morgan fingerprint density at radius 2 is 1.71 bits per heavy atom. The highest BCUT2D eigenvalue weighted by Gasteiger charge is 2.53. The van der Waals surface area contributed by atoms with Crippen molar-refractivity contribution < 1.29 is 9.53 Å². The predicted molar refractivity (Wildman–Crippen MR) is 133 cm³/mol. The second-order valence-corrected chi connectivity index (χ2v) is 10.9. The van der Waals surface area contributed by atoms with Crippen molar-refractivity contribution in [1.82, 2.24) is 15.1 Å². The number of hydrogen-bond acceptors (Lipinski definition) is 3. The van der Waals surface area contributed by atoms with Crippen molar-refractivity contribution in [2.24, 2.45) is 23.2 Å². The molecule has 4 aliphatic rings. The molecule has 176 valence electrons. The molecule has 1 heterocycles. The summed E-state index contributed by atoms with van der Waals surface area (Å²) in [7, 11) is 1.66. The van der Waals surface area contributed by atoms with Crippen LogP contribution in [0.25, 0.3) is 16.9 Å². The minimum absolute atomic E-state index is 0.0387. The molecule has 5 nitrogen and oxygen atoms in total. The van der Waals surface area contributed by atoms with Crippen molar-refractivity contribution in [3.05, 3.63) is 66.4 Å². The van der Waals surface area contributed by atoms with Crippen LogP contribution >= 0.6 is 0 Å². The zero-order chi connectivity index (χ0) is 23.3. The molecule has 4 bridgehead atoms. The number of para-hydroxylation sites is 1. The lowest BCUT2D eigenvalue weighted by molar-refractivity contribution is -0.0687. The number of nitrogens with zero attached hydrogens (tertiary/aromatic N) is 2. The Balaban J connectivity index is 1.33. The molecule has 0 spiro atoms. The van der Waals surface area contributed by atoms with Crippen molar-refractivity contribution in [3.8, 4) is 22.7 Å². The van der Waals surface area contributed by atoms with Crippen LogP contribution in [0.3, 0.4) is 0 Å². The van der Waals surface area contributed by atoms with Crippen LogP contribution in [0.5, 0.6) is 5.75 Å². The van der Waals surface area contributed by atoms with Crippen LogP contribution in [0, 0.1) is 23.2 Å². The van der Waals surface area contributed by atoms with Crippen LogP contribution in [0.4, 0.5) is 0 Å². The van der Waals surface area contributed by atoms with Gasteiger partial charge in [-0.2, -0.15) is 5.10 Å². The summed E-state index contributed by atoms with van der Waals surface area (Å²) < 4.78 is 7.24. The zero-order valence-corrected chi connectivity index (χ0v) is 20.0. The lowest BCUT2D eigenvalue weighted by Crippen LogP contribution is -2.55. The van der Waals surface area contributed by atoms with E-state index in [0.717, 1.165) is 34.8 Å². The number of hydrogen-bond donors (Lipinski definition) is 1. The minimum atomic E-state index is -0.0387. The lowest BCUT2D eigenvalue weighted by atomic mass is 9.48. The molecule has 2 aromatic carbocycles. The summed E-state index contributed by atoms with van der Waals surface area (Å²) in [6.07, 6.45) is 9.90. The molecule has 0 saturated heterocycles. The van der Waals surface area contributed by atoms with Gasteiger partial charge in [0.25, 0.3) is 5.91 Å². The Morgan fingerprint density at radius 3 is 2.35 bits per heavy atom. The normalized spacial score (nSPS) is 28.0. The van der Waals surface area contributed by atoms with Gasteiger partial charge in [0.15, 0.2) is 0 Å². The average molecular weight is 456 g/mol. The van der Waals surface area contributed by atoms with Crippen molar-refractivity contribution in [3.63, 3.8) is 0 Å². The standard InChI is InChI=1S/C29H33N3O2/c1-19(29-15-20-11-21(16-29)13-22(12-20)17-29)30-28(33)26-18-32(24-8-4-3-5-9-24)31-27(26)23-7-6-10-25(14-23)34-2/h3-10,14,18-22H,11-13,15-17H2,1-2H3,(H,30,33)/t19-,20?,21?,22?,29?/m1/s1. The molecule has 4 fully saturated rings. The number of ether oxygens (including phenoxy) is 1. The highest BCUT2D eigenvalue weighted by atomic mass is 16.5. The van der Waals surface area contributed by atoms with Gasteiger partial charge in [-0.15, -0.1) is 0 Å². The zero-order valence-electron chi connectivity index (χ0n) is 20.0. The van der Waals surface area contributed by atoms with E-state index in [4.69, 9.17) is 9.84 Å². The van der Waals surface area contributed by atoms with Crippen LogP contribution < -0.4 is 10.1 Å². The number of carbonyl (C=O) groups is 1. The summed E-state index contributed by atoms with van der Waals surface area (Å²) in [6.45, 7) is 2.23. The Bertz CT molecular complexity index is 1160. The molecule has 4 aliphatic carbocycles. The maximum Gasteiger partial charge on any atom is 0.255 e. The van der Waals surface area contributed by atoms with Crippen LogP contribution in [-0.2, 0) is 0 Å². The first-order valence-electron chi connectivity index (χ1n) is 12.6. The summed E-state index contributed by atoms with van der Waals surface area (Å²) in [5, 5.41) is 8.28. The molecule has 4 saturated carbocycles. The molecule has 1 amide bonds. The highest BCUT2D eigenvalue weighted by Crippen LogP contribution is 2.61. The van der Waals surface area contributed by atoms with E-state index in [9.17, 15) is 4.79 Å². The molecule has 1 N–H and O–H groups in total. The third-order valence-corrected chi connectivity index (χ3v) is 8.67. The van der Waals surface area contributed by atoms with Gasteiger partial charge in [0.05, 0.1) is 18.4 Å². The summed E-state index contributed by atoms with van der Waals surface area (Å²) in [5.41, 5.74) is 3.35. The van der Waals surface area contributed by atoms with Gasteiger partial charge in [-0.05, 0) is 92.9 Å². The van der Waals surface area contributed by atoms with Crippen molar-refractivity contribution >= 4 is 5.91 Å². The molecule has 0 aliphatic heterocycles. The van der Waals surface area contributed by atoms with Gasteiger partial charge in [0.2, 0.25) is 0 Å². The van der Waals surface area contributed by atoms with E-state index < -0.39 is 0 Å². The van der Waals surface area contributed by atoms with Gasteiger partial charge < -0.3 is 10.1 Å². The monoisotopic (exact) mass is 455 g/mol. The lowest BCUT2D eigenvalue weighted by Gasteiger charge is -2.59. The van der Waals surface area contributed by atoms with E-state index in [1.54, 1.807) is 11.8 Å². The highest BCUT2D eigenvalue weighted by molar-refractivity contribution is 6.00. The number of aromatic nitrogens is 2. The first-order valence-corrected chi connectivity index (χ1v) is 12.6. The summed E-state index contributed by atoms with van der Waals surface area (Å²) in [6, 6.07) is 17.9. The van der Waals surface area contributed by atoms with Gasteiger partial charge in [-0.25, -0.2) is 4.68 Å². The number of amides is 1. The molecule has 0 radical (unpaired) electrons. The number of benzene rings is 2. The number of rotatable bonds is 6. The minimum Gasteiger partial charge on any atom is -0.497 e. The van der Waals surface area contributed by atoms with Gasteiger partial charge >= 0.3 is 0 Å². The van der Waals surface area contributed by atoms with Crippen LogP contribution in [0.1, 0.15) is 55.8 Å². The quantitative estimate of drug-likeness (QED) is 0.505. The van der Waals surface area contributed by atoms with E-state index in [2.05, 4.69) is 12.2 Å². The summed E-state index contributed by atoms with van der Waals surface area (Å²) in [5.74, 6) is 3.29. The van der Waals surface area contributed by atoms with Gasteiger partial charge in [-0.3, -0.25) is 4.79 Å². The number of nitrogens with one attached hydrogen (secondary N) is 1. The largest absolute Gasteiger partial charge is 0.497 e. The first-order chi connectivity index (χ1) is 16.5. The average Bonchev–Trinajstić information content (AvgIpc) is 3.30. The fourth-order valence-electron chi connectivity index (χ4n) is 7.37. The fraction of sp³-hybridized carbons (Fsp3) is 0.448. The van der Waals surface area contributed by atoms with Gasteiger partial charge in [0.1, 0.15) is 11.4 Å². The number of carbonyl (C=O) groups excluding carboxylic acids is 1. The van der Waals surface area contributed by atoms with Crippen molar-refractivity contribution in [1.29, 1.82) is 0 Å². The smallest absolute Gasteiger partial charge is 0.255 e. The predicted octanol–water partition coefficient (Wildman–Crippen LogP) is 5.88. The van der Waals surface area contributed by atoms with Crippen LogP contribution in [-0.4, -0.2) is 28.8 Å². The molecule has 7 rings (SSSR count). The van der Waals surface area contributed by atoms with E-state index in [-0.39, 0.29) is 17.4 Å².